The normalized spacial score (nSPS) is 10.7. The molecular weight excluding hydrogens is 395 g/mol. The number of hydrogen-bond acceptors (Lipinski definition) is 4. The molecule has 0 radical (unpaired) electrons. The van der Waals surface area contributed by atoms with E-state index in [0.717, 1.165) is 0 Å². The molecule has 3 aromatic carbocycles. The summed E-state index contributed by atoms with van der Waals surface area (Å²) < 4.78 is 24.7. The quantitative estimate of drug-likeness (QED) is 0.446. The van der Waals surface area contributed by atoms with E-state index in [1.54, 1.807) is 60.7 Å². The molecule has 7 heteroatoms. The van der Waals surface area contributed by atoms with Gasteiger partial charge in [-0.2, -0.15) is 5.10 Å². The lowest BCUT2D eigenvalue weighted by atomic mass is 10.2. The van der Waals surface area contributed by atoms with Crippen molar-refractivity contribution in [2.24, 2.45) is 5.10 Å². The van der Waals surface area contributed by atoms with Crippen molar-refractivity contribution in [2.45, 2.75) is 6.61 Å². The summed E-state index contributed by atoms with van der Waals surface area (Å²) in [5, 5.41) is 4.41. The van der Waals surface area contributed by atoms with Crippen molar-refractivity contribution < 1.29 is 18.7 Å². The van der Waals surface area contributed by atoms with E-state index in [1.807, 2.05) is 0 Å². The summed E-state index contributed by atoms with van der Waals surface area (Å²) in [7, 11) is 1.51. The van der Waals surface area contributed by atoms with Crippen LogP contribution in [0.1, 0.15) is 21.5 Å². The highest BCUT2D eigenvalue weighted by molar-refractivity contribution is 6.30. The standard InChI is InChI=1S/C22H18ClFN2O3/c1-28-21-11-15(13-25-26-22(27)16-6-4-7-18(23)12-16)9-10-20(21)29-14-17-5-2-3-8-19(17)24/h2-13H,14H2,1H3,(H,26,27)/b25-13+. The molecular formula is C22H18ClFN2O3. The molecule has 5 nitrogen and oxygen atoms in total. The molecule has 0 fully saturated rings. The van der Waals surface area contributed by atoms with Crippen molar-refractivity contribution >= 4 is 23.7 Å². The van der Waals surface area contributed by atoms with Gasteiger partial charge in [0.1, 0.15) is 12.4 Å². The number of nitrogens with zero attached hydrogens (tertiary/aromatic N) is 1. The van der Waals surface area contributed by atoms with Gasteiger partial charge in [0.15, 0.2) is 11.5 Å². The third kappa shape index (κ3) is 5.56. The van der Waals surface area contributed by atoms with Gasteiger partial charge in [-0.3, -0.25) is 4.79 Å². The Morgan fingerprint density at radius 1 is 1.10 bits per heavy atom. The van der Waals surface area contributed by atoms with E-state index in [9.17, 15) is 9.18 Å². The maximum Gasteiger partial charge on any atom is 0.271 e. The van der Waals surface area contributed by atoms with Gasteiger partial charge < -0.3 is 9.47 Å². The Kier molecular flexibility index (Phi) is 6.81. The highest BCUT2D eigenvalue weighted by atomic mass is 35.5. The fourth-order valence-electron chi connectivity index (χ4n) is 2.51. The molecule has 0 atom stereocenters. The average Bonchev–Trinajstić information content (AvgIpc) is 2.73. The third-order valence-corrected chi connectivity index (χ3v) is 4.23. The van der Waals surface area contributed by atoms with Gasteiger partial charge in [-0.1, -0.05) is 35.9 Å². The summed E-state index contributed by atoms with van der Waals surface area (Å²) in [5.74, 6) is 0.230. The van der Waals surface area contributed by atoms with Gasteiger partial charge in [0, 0.05) is 16.1 Å². The summed E-state index contributed by atoms with van der Waals surface area (Å²) in [4.78, 5) is 12.1. The number of methoxy groups -OCH3 is 1. The topological polar surface area (TPSA) is 59.9 Å². The summed E-state index contributed by atoms with van der Waals surface area (Å²) >= 11 is 5.88. The molecule has 1 amide bonds. The molecule has 1 N–H and O–H groups in total. The smallest absolute Gasteiger partial charge is 0.271 e. The van der Waals surface area contributed by atoms with Crippen LogP contribution in [-0.2, 0) is 6.61 Å². The van der Waals surface area contributed by atoms with Crippen LogP contribution in [0.25, 0.3) is 0 Å². The Hall–Kier alpha value is -3.38. The maximum absolute atomic E-state index is 13.7. The number of carbonyl (C=O) groups excluding carboxylic acids is 1. The van der Waals surface area contributed by atoms with Crippen LogP contribution in [0.4, 0.5) is 4.39 Å². The molecule has 0 saturated heterocycles. The van der Waals surface area contributed by atoms with Crippen molar-refractivity contribution in [3.63, 3.8) is 0 Å². The van der Waals surface area contributed by atoms with Crippen LogP contribution in [0, 0.1) is 5.82 Å². The van der Waals surface area contributed by atoms with E-state index in [4.69, 9.17) is 21.1 Å². The number of carbonyl (C=O) groups is 1. The van der Waals surface area contributed by atoms with Gasteiger partial charge in [0.25, 0.3) is 5.91 Å². The largest absolute Gasteiger partial charge is 0.493 e. The van der Waals surface area contributed by atoms with Crippen LogP contribution in [0.2, 0.25) is 5.02 Å². The monoisotopic (exact) mass is 412 g/mol. The van der Waals surface area contributed by atoms with Gasteiger partial charge in [0.05, 0.1) is 13.3 Å². The minimum absolute atomic E-state index is 0.0756. The Morgan fingerprint density at radius 2 is 1.93 bits per heavy atom. The Bertz CT molecular complexity index is 1040. The second kappa shape index (κ2) is 9.71. The van der Waals surface area contributed by atoms with Crippen molar-refractivity contribution in [1.29, 1.82) is 0 Å². The van der Waals surface area contributed by atoms with Gasteiger partial charge in [0.2, 0.25) is 0 Å². The van der Waals surface area contributed by atoms with Crippen molar-refractivity contribution in [3.05, 3.63) is 94.3 Å². The Balaban J connectivity index is 1.64. The van der Waals surface area contributed by atoms with Crippen LogP contribution in [0.5, 0.6) is 11.5 Å². The molecule has 148 valence electrons. The lowest BCUT2D eigenvalue weighted by Crippen LogP contribution is -2.17. The van der Waals surface area contributed by atoms with E-state index in [0.29, 0.717) is 33.2 Å². The predicted molar refractivity (Wildman–Crippen MR) is 110 cm³/mol. The molecule has 0 aliphatic carbocycles. The van der Waals surface area contributed by atoms with E-state index in [1.165, 1.54) is 19.4 Å². The number of amides is 1. The number of ether oxygens (including phenoxy) is 2. The predicted octanol–water partition coefficient (Wildman–Crippen LogP) is 4.83. The number of benzene rings is 3. The average molecular weight is 413 g/mol. The minimum Gasteiger partial charge on any atom is -0.493 e. The highest BCUT2D eigenvalue weighted by Gasteiger charge is 2.08. The molecule has 0 bridgehead atoms. The first kappa shape index (κ1) is 20.4. The SMILES string of the molecule is COc1cc(/C=N/NC(=O)c2cccc(Cl)c2)ccc1OCc1ccccc1F. The van der Waals surface area contributed by atoms with E-state index >= 15 is 0 Å². The van der Waals surface area contributed by atoms with Gasteiger partial charge >= 0.3 is 0 Å². The van der Waals surface area contributed by atoms with Gasteiger partial charge in [-0.05, 0) is 48.0 Å². The zero-order valence-corrected chi connectivity index (χ0v) is 16.3. The first-order valence-electron chi connectivity index (χ1n) is 8.70. The maximum atomic E-state index is 13.7. The molecule has 0 heterocycles. The summed E-state index contributed by atoms with van der Waals surface area (Å²) in [6.45, 7) is 0.0756. The van der Waals surface area contributed by atoms with Crippen LogP contribution in [-0.4, -0.2) is 19.2 Å². The number of rotatable bonds is 7. The molecule has 0 aromatic heterocycles. The second-order valence-electron chi connectivity index (χ2n) is 6.00. The van der Waals surface area contributed by atoms with Gasteiger partial charge in [-0.25, -0.2) is 9.82 Å². The summed E-state index contributed by atoms with van der Waals surface area (Å²) in [6, 6.07) is 18.1. The van der Waals surface area contributed by atoms with Crippen LogP contribution < -0.4 is 14.9 Å². The second-order valence-corrected chi connectivity index (χ2v) is 6.44. The van der Waals surface area contributed by atoms with Crippen molar-refractivity contribution in [1.82, 2.24) is 5.43 Å². The molecule has 0 aliphatic rings. The van der Waals surface area contributed by atoms with E-state index < -0.39 is 0 Å². The van der Waals surface area contributed by atoms with Crippen LogP contribution >= 0.6 is 11.6 Å². The number of nitrogens with one attached hydrogen (secondary N) is 1. The Labute approximate surface area is 172 Å². The zero-order chi connectivity index (χ0) is 20.6. The minimum atomic E-state index is -0.374. The van der Waals surface area contributed by atoms with Crippen molar-refractivity contribution in [3.8, 4) is 11.5 Å². The molecule has 0 unspecified atom stereocenters. The van der Waals surface area contributed by atoms with Crippen LogP contribution in [0.15, 0.2) is 71.8 Å². The molecule has 3 rings (SSSR count). The lowest BCUT2D eigenvalue weighted by molar-refractivity contribution is 0.0955. The van der Waals surface area contributed by atoms with Crippen molar-refractivity contribution in [2.75, 3.05) is 7.11 Å². The third-order valence-electron chi connectivity index (χ3n) is 4.00. The summed E-state index contributed by atoms with van der Waals surface area (Å²) in [5.41, 5.74) is 3.98. The van der Waals surface area contributed by atoms with E-state index in [2.05, 4.69) is 10.5 Å². The van der Waals surface area contributed by atoms with Gasteiger partial charge in [-0.15, -0.1) is 0 Å². The number of hydrazone groups is 1. The molecule has 29 heavy (non-hydrogen) atoms. The Morgan fingerprint density at radius 3 is 2.69 bits per heavy atom. The molecule has 0 spiro atoms. The highest BCUT2D eigenvalue weighted by Crippen LogP contribution is 2.28. The fraction of sp³-hybridized carbons (Fsp3) is 0.0909. The fourth-order valence-corrected chi connectivity index (χ4v) is 2.70. The lowest BCUT2D eigenvalue weighted by Gasteiger charge is -2.11. The number of hydrogen-bond donors (Lipinski definition) is 1. The molecule has 0 aliphatic heterocycles. The molecule has 0 saturated carbocycles. The first-order valence-corrected chi connectivity index (χ1v) is 9.08. The summed E-state index contributed by atoms with van der Waals surface area (Å²) in [6.07, 6.45) is 1.48. The van der Waals surface area contributed by atoms with Crippen LogP contribution in [0.3, 0.4) is 0 Å². The van der Waals surface area contributed by atoms with E-state index in [-0.39, 0.29) is 18.3 Å². The first-order chi connectivity index (χ1) is 14.1. The molecule has 3 aromatic rings. The number of halogens is 2. The zero-order valence-electron chi connectivity index (χ0n) is 15.6.